The van der Waals surface area contributed by atoms with Crippen molar-refractivity contribution in [2.75, 3.05) is 0 Å². The Morgan fingerprint density at radius 1 is 1.36 bits per heavy atom. The van der Waals surface area contributed by atoms with Gasteiger partial charge < -0.3 is 0 Å². The lowest BCUT2D eigenvalue weighted by atomic mass is 10.1. The number of rotatable bonds is 0. The number of aryl methyl sites for hydroxylation is 2. The standard InChI is InChI=1S/C10H9I/c1-4-9-6-7(2)5-8(3)10(9)11/h1,5-6H,2-3H3. The molecular formula is C10H9I. The van der Waals surface area contributed by atoms with E-state index in [9.17, 15) is 0 Å². The molecule has 1 aromatic carbocycles. The van der Waals surface area contributed by atoms with Gasteiger partial charge in [0.25, 0.3) is 0 Å². The van der Waals surface area contributed by atoms with Crippen LogP contribution >= 0.6 is 22.6 Å². The first-order chi connectivity index (χ1) is 5.15. The Kier molecular flexibility index (Phi) is 2.56. The van der Waals surface area contributed by atoms with Crippen molar-refractivity contribution in [1.29, 1.82) is 0 Å². The number of halogens is 1. The molecule has 0 aromatic heterocycles. The van der Waals surface area contributed by atoms with Crippen LogP contribution < -0.4 is 0 Å². The summed E-state index contributed by atoms with van der Waals surface area (Å²) in [5.41, 5.74) is 3.50. The van der Waals surface area contributed by atoms with Gasteiger partial charge in [-0.3, -0.25) is 0 Å². The van der Waals surface area contributed by atoms with Gasteiger partial charge >= 0.3 is 0 Å². The summed E-state index contributed by atoms with van der Waals surface area (Å²) in [5.74, 6) is 2.67. The molecule has 56 valence electrons. The number of hydrogen-bond donors (Lipinski definition) is 0. The third kappa shape index (κ3) is 1.75. The molecule has 0 atom stereocenters. The van der Waals surface area contributed by atoms with Crippen molar-refractivity contribution in [3.8, 4) is 12.3 Å². The van der Waals surface area contributed by atoms with E-state index in [0.29, 0.717) is 0 Å². The van der Waals surface area contributed by atoms with E-state index in [1.165, 1.54) is 14.7 Å². The van der Waals surface area contributed by atoms with Gasteiger partial charge in [0, 0.05) is 9.13 Å². The summed E-state index contributed by atoms with van der Waals surface area (Å²) in [6.07, 6.45) is 5.33. The normalized spacial score (nSPS) is 9.27. The molecule has 0 N–H and O–H groups in total. The molecule has 0 aliphatic carbocycles. The second-order valence-electron chi connectivity index (χ2n) is 2.59. The lowest BCUT2D eigenvalue weighted by Crippen LogP contribution is -1.87. The molecule has 0 nitrogen and oxygen atoms in total. The van der Waals surface area contributed by atoms with Gasteiger partial charge in [-0.1, -0.05) is 12.0 Å². The first-order valence-electron chi connectivity index (χ1n) is 3.38. The Labute approximate surface area is 81.2 Å². The molecule has 0 amide bonds. The predicted octanol–water partition coefficient (Wildman–Crippen LogP) is 2.89. The highest BCUT2D eigenvalue weighted by atomic mass is 127. The molecule has 0 spiro atoms. The molecular weight excluding hydrogens is 247 g/mol. The highest BCUT2D eigenvalue weighted by Crippen LogP contribution is 2.17. The molecule has 0 unspecified atom stereocenters. The fraction of sp³-hybridized carbons (Fsp3) is 0.200. The van der Waals surface area contributed by atoms with Crippen molar-refractivity contribution in [2.45, 2.75) is 13.8 Å². The average molecular weight is 256 g/mol. The zero-order valence-electron chi connectivity index (χ0n) is 6.61. The predicted molar refractivity (Wildman–Crippen MR) is 56.6 cm³/mol. The molecule has 1 rings (SSSR count). The van der Waals surface area contributed by atoms with Crippen LogP contribution in [0.3, 0.4) is 0 Å². The summed E-state index contributed by atoms with van der Waals surface area (Å²) in [7, 11) is 0. The molecule has 0 saturated carbocycles. The van der Waals surface area contributed by atoms with Gasteiger partial charge in [-0.2, -0.15) is 0 Å². The monoisotopic (exact) mass is 256 g/mol. The van der Waals surface area contributed by atoms with Crippen molar-refractivity contribution in [2.24, 2.45) is 0 Å². The van der Waals surface area contributed by atoms with Gasteiger partial charge in [-0.05, 0) is 53.6 Å². The Bertz CT molecular complexity index is 318. The topological polar surface area (TPSA) is 0 Å². The summed E-state index contributed by atoms with van der Waals surface area (Å²) >= 11 is 2.28. The van der Waals surface area contributed by atoms with Crippen molar-refractivity contribution < 1.29 is 0 Å². The molecule has 0 bridgehead atoms. The van der Waals surface area contributed by atoms with E-state index in [1.807, 2.05) is 6.07 Å². The number of hydrogen-bond acceptors (Lipinski definition) is 0. The van der Waals surface area contributed by atoms with Crippen LogP contribution in [-0.4, -0.2) is 0 Å². The van der Waals surface area contributed by atoms with Crippen LogP contribution in [0.1, 0.15) is 16.7 Å². The lowest BCUT2D eigenvalue weighted by Gasteiger charge is -2.02. The maximum Gasteiger partial charge on any atom is 0.0381 e. The molecule has 0 radical (unpaired) electrons. The molecule has 0 aliphatic heterocycles. The summed E-state index contributed by atoms with van der Waals surface area (Å²) < 4.78 is 1.19. The van der Waals surface area contributed by atoms with Gasteiger partial charge in [-0.25, -0.2) is 0 Å². The van der Waals surface area contributed by atoms with Crippen molar-refractivity contribution >= 4 is 22.6 Å². The summed E-state index contributed by atoms with van der Waals surface area (Å²) in [4.78, 5) is 0. The molecule has 11 heavy (non-hydrogen) atoms. The zero-order chi connectivity index (χ0) is 8.43. The SMILES string of the molecule is C#Cc1cc(C)cc(C)c1I. The van der Waals surface area contributed by atoms with E-state index >= 15 is 0 Å². The first-order valence-corrected chi connectivity index (χ1v) is 4.46. The second kappa shape index (κ2) is 3.27. The minimum atomic E-state index is 1.00. The first kappa shape index (κ1) is 8.61. The maximum atomic E-state index is 5.33. The van der Waals surface area contributed by atoms with Crippen LogP contribution in [0, 0.1) is 29.8 Å². The van der Waals surface area contributed by atoms with E-state index < -0.39 is 0 Å². The van der Waals surface area contributed by atoms with Crippen molar-refractivity contribution in [1.82, 2.24) is 0 Å². The zero-order valence-corrected chi connectivity index (χ0v) is 8.77. The minimum Gasteiger partial charge on any atom is -0.115 e. The molecule has 0 heterocycles. The Hall–Kier alpha value is -0.490. The Balaban J connectivity index is 3.39. The van der Waals surface area contributed by atoms with E-state index in [4.69, 9.17) is 6.42 Å². The molecule has 1 heteroatoms. The van der Waals surface area contributed by atoms with Crippen molar-refractivity contribution in [3.05, 3.63) is 32.4 Å². The molecule has 0 saturated heterocycles. The van der Waals surface area contributed by atoms with Crippen LogP contribution in [-0.2, 0) is 0 Å². The quantitative estimate of drug-likeness (QED) is 0.494. The Morgan fingerprint density at radius 2 is 2.00 bits per heavy atom. The second-order valence-corrected chi connectivity index (χ2v) is 3.67. The fourth-order valence-corrected chi connectivity index (χ4v) is 1.52. The van der Waals surface area contributed by atoms with Crippen molar-refractivity contribution in [3.63, 3.8) is 0 Å². The highest BCUT2D eigenvalue weighted by Gasteiger charge is 2.00. The minimum absolute atomic E-state index is 1.00. The van der Waals surface area contributed by atoms with Crippen LogP contribution in [0.5, 0.6) is 0 Å². The highest BCUT2D eigenvalue weighted by molar-refractivity contribution is 14.1. The van der Waals surface area contributed by atoms with Gasteiger partial charge in [-0.15, -0.1) is 6.42 Å². The van der Waals surface area contributed by atoms with Crippen LogP contribution in [0.15, 0.2) is 12.1 Å². The summed E-state index contributed by atoms with van der Waals surface area (Å²) in [6, 6.07) is 4.18. The average Bonchev–Trinajstić information content (AvgIpc) is 1.96. The van der Waals surface area contributed by atoms with E-state index in [2.05, 4.69) is 48.4 Å². The van der Waals surface area contributed by atoms with Gasteiger partial charge in [0.2, 0.25) is 0 Å². The molecule has 0 aliphatic rings. The third-order valence-corrected chi connectivity index (χ3v) is 2.99. The van der Waals surface area contributed by atoms with E-state index in [1.54, 1.807) is 0 Å². The smallest absolute Gasteiger partial charge is 0.0381 e. The Morgan fingerprint density at radius 3 is 2.55 bits per heavy atom. The van der Waals surface area contributed by atoms with Gasteiger partial charge in [0.1, 0.15) is 0 Å². The third-order valence-electron chi connectivity index (χ3n) is 1.55. The summed E-state index contributed by atoms with van der Waals surface area (Å²) in [5, 5.41) is 0. The van der Waals surface area contributed by atoms with Gasteiger partial charge in [0.15, 0.2) is 0 Å². The van der Waals surface area contributed by atoms with E-state index in [0.717, 1.165) is 5.56 Å². The van der Waals surface area contributed by atoms with E-state index in [-0.39, 0.29) is 0 Å². The summed E-state index contributed by atoms with van der Waals surface area (Å²) in [6.45, 7) is 4.14. The van der Waals surface area contributed by atoms with Crippen LogP contribution in [0.4, 0.5) is 0 Å². The largest absolute Gasteiger partial charge is 0.115 e. The lowest BCUT2D eigenvalue weighted by molar-refractivity contribution is 1.34. The van der Waals surface area contributed by atoms with Crippen LogP contribution in [0.25, 0.3) is 0 Å². The number of terminal acetylenes is 1. The molecule has 1 aromatic rings. The maximum absolute atomic E-state index is 5.33. The fourth-order valence-electron chi connectivity index (χ4n) is 1.06. The van der Waals surface area contributed by atoms with Gasteiger partial charge in [0.05, 0.1) is 0 Å². The number of benzene rings is 1. The van der Waals surface area contributed by atoms with Crippen LogP contribution in [0.2, 0.25) is 0 Å². The molecule has 0 fully saturated rings.